The number of ether oxygens (including phenoxy) is 1. The first-order valence-electron chi connectivity index (χ1n) is 15.6. The number of alkyl carbamates (subject to hydrolysis) is 1. The van der Waals surface area contributed by atoms with Gasteiger partial charge in [0.05, 0.1) is 12.9 Å². The van der Waals surface area contributed by atoms with Crippen LogP contribution < -0.4 is 15.5 Å². The van der Waals surface area contributed by atoms with Gasteiger partial charge in [-0.05, 0) is 43.9 Å². The summed E-state index contributed by atoms with van der Waals surface area (Å²) in [5.41, 5.74) is 1.52. The molecular formula is C30H48N8O6. The van der Waals surface area contributed by atoms with Crippen LogP contribution >= 0.6 is 0 Å². The molecule has 0 radical (unpaired) electrons. The normalized spacial score (nSPS) is 17.5. The van der Waals surface area contributed by atoms with Gasteiger partial charge in [0.2, 0.25) is 11.8 Å². The van der Waals surface area contributed by atoms with Crippen LogP contribution in [0, 0.1) is 11.8 Å². The highest BCUT2D eigenvalue weighted by Crippen LogP contribution is 2.23. The Labute approximate surface area is 258 Å². The molecule has 0 spiro atoms. The van der Waals surface area contributed by atoms with Gasteiger partial charge in [-0.3, -0.25) is 9.59 Å². The van der Waals surface area contributed by atoms with E-state index < -0.39 is 36.1 Å². The van der Waals surface area contributed by atoms with Crippen molar-refractivity contribution >= 4 is 40.9 Å². The van der Waals surface area contributed by atoms with Crippen LogP contribution in [-0.4, -0.2) is 98.8 Å². The second-order valence-corrected chi connectivity index (χ2v) is 11.8. The van der Waals surface area contributed by atoms with E-state index in [0.717, 1.165) is 29.8 Å². The van der Waals surface area contributed by atoms with Gasteiger partial charge in [0.15, 0.2) is 17.0 Å². The molecule has 14 nitrogen and oxygen atoms in total. The predicted octanol–water partition coefficient (Wildman–Crippen LogP) is 2.81. The predicted molar refractivity (Wildman–Crippen MR) is 165 cm³/mol. The van der Waals surface area contributed by atoms with E-state index in [9.17, 15) is 24.3 Å². The van der Waals surface area contributed by atoms with Gasteiger partial charge in [-0.1, -0.05) is 40.5 Å². The van der Waals surface area contributed by atoms with Gasteiger partial charge in [-0.15, -0.1) is 0 Å². The average molecular weight is 617 g/mol. The first-order chi connectivity index (χ1) is 21.0. The summed E-state index contributed by atoms with van der Waals surface area (Å²) in [5.74, 6) is -1.65. The highest BCUT2D eigenvalue weighted by atomic mass is 16.5. The summed E-state index contributed by atoms with van der Waals surface area (Å²) in [6.45, 7) is 8.69. The molecule has 3 rings (SSSR count). The zero-order valence-electron chi connectivity index (χ0n) is 26.8. The molecule has 0 aliphatic carbocycles. The largest absolute Gasteiger partial charge is 0.480 e. The first kappa shape index (κ1) is 34.5. The van der Waals surface area contributed by atoms with E-state index >= 15 is 0 Å². The fraction of sp³-hybridized carbons (Fsp3) is 0.700. The van der Waals surface area contributed by atoms with E-state index in [2.05, 4.69) is 25.6 Å². The van der Waals surface area contributed by atoms with E-state index in [1.54, 1.807) is 13.3 Å². The van der Waals surface area contributed by atoms with Crippen molar-refractivity contribution in [2.24, 2.45) is 11.8 Å². The third kappa shape index (κ3) is 8.56. The fourth-order valence-electron chi connectivity index (χ4n) is 5.35. The summed E-state index contributed by atoms with van der Waals surface area (Å²) >= 11 is 0. The smallest absolute Gasteiger partial charge is 0.407 e. The number of anilines is 1. The van der Waals surface area contributed by atoms with Crippen molar-refractivity contribution in [2.45, 2.75) is 97.3 Å². The number of carbonyl (C=O) groups is 4. The molecule has 1 aliphatic heterocycles. The Kier molecular flexibility index (Phi) is 12.7. The number of fused-ring (bicyclic) bond motifs is 1. The lowest BCUT2D eigenvalue weighted by atomic mass is 9.97. The van der Waals surface area contributed by atoms with Gasteiger partial charge < -0.3 is 34.8 Å². The summed E-state index contributed by atoms with van der Waals surface area (Å²) in [6, 6.07) is -2.69. The Hall–Kier alpha value is -3.97. The number of amides is 3. The van der Waals surface area contributed by atoms with Crippen LogP contribution in [0.3, 0.4) is 0 Å². The minimum absolute atomic E-state index is 0.200. The number of hydrogen-bond donors (Lipinski definition) is 3. The minimum Gasteiger partial charge on any atom is -0.480 e. The molecule has 3 heterocycles. The third-order valence-corrected chi connectivity index (χ3v) is 8.45. The van der Waals surface area contributed by atoms with Crippen molar-refractivity contribution in [2.75, 3.05) is 32.1 Å². The maximum Gasteiger partial charge on any atom is 0.407 e. The SMILES string of the molecule is CCC(C)C(NC(=O)C1CCCN1C(=O)C(NC(=O)OCCCCCn1cnc2c(N(C)C)ncnc21)C(C)CC)C(=O)O. The zero-order valence-corrected chi connectivity index (χ0v) is 26.8. The van der Waals surface area contributed by atoms with E-state index in [1.807, 2.05) is 44.3 Å². The number of nitrogens with one attached hydrogen (secondary N) is 2. The number of rotatable bonds is 16. The number of unbranched alkanes of at least 4 members (excludes halogenated alkanes) is 2. The lowest BCUT2D eigenvalue weighted by Gasteiger charge is -2.32. The van der Waals surface area contributed by atoms with Crippen LogP contribution in [0.5, 0.6) is 0 Å². The summed E-state index contributed by atoms with van der Waals surface area (Å²) in [5, 5.41) is 15.0. The molecule has 244 valence electrons. The number of imidazole rings is 1. The topological polar surface area (TPSA) is 172 Å². The average Bonchev–Trinajstić information content (AvgIpc) is 3.66. The molecule has 1 fully saturated rings. The standard InChI is InChI=1S/C30H48N8O6/c1-7-19(3)22(28(40)38-15-12-13-21(38)27(39)34-23(29(41)42)20(4)8-2)35-30(43)44-16-11-9-10-14-37-18-33-24-25(36(5)6)31-17-32-26(24)37/h17-23H,7-16H2,1-6H3,(H,34,39)(H,35,43)(H,41,42). The monoisotopic (exact) mass is 616 g/mol. The molecule has 1 saturated heterocycles. The Morgan fingerprint density at radius 1 is 1.02 bits per heavy atom. The highest BCUT2D eigenvalue weighted by Gasteiger charge is 2.40. The number of aliphatic carboxylic acids is 1. The van der Waals surface area contributed by atoms with Crippen LogP contribution in [0.1, 0.15) is 72.6 Å². The van der Waals surface area contributed by atoms with E-state index in [-0.39, 0.29) is 24.3 Å². The molecular weight excluding hydrogens is 568 g/mol. The maximum atomic E-state index is 13.6. The quantitative estimate of drug-likeness (QED) is 0.238. The van der Waals surface area contributed by atoms with Crippen LogP contribution in [0.2, 0.25) is 0 Å². The van der Waals surface area contributed by atoms with E-state index in [1.165, 1.54) is 11.2 Å². The van der Waals surface area contributed by atoms with Crippen molar-refractivity contribution in [3.63, 3.8) is 0 Å². The number of carbonyl (C=O) groups excluding carboxylic acids is 3. The molecule has 2 aromatic rings. The molecule has 0 aromatic carbocycles. The Balaban J connectivity index is 1.50. The highest BCUT2D eigenvalue weighted by molar-refractivity contribution is 5.93. The first-order valence-corrected chi connectivity index (χ1v) is 15.6. The lowest BCUT2D eigenvalue weighted by molar-refractivity contribution is -0.145. The third-order valence-electron chi connectivity index (χ3n) is 8.45. The summed E-state index contributed by atoms with van der Waals surface area (Å²) < 4.78 is 7.40. The van der Waals surface area contributed by atoms with E-state index in [4.69, 9.17) is 4.74 Å². The van der Waals surface area contributed by atoms with Crippen LogP contribution in [0.4, 0.5) is 10.6 Å². The van der Waals surface area contributed by atoms with Crippen LogP contribution in [0.15, 0.2) is 12.7 Å². The number of carboxylic acid groups (broad SMARTS) is 1. The van der Waals surface area contributed by atoms with Crippen molar-refractivity contribution in [1.82, 2.24) is 35.1 Å². The molecule has 44 heavy (non-hydrogen) atoms. The van der Waals surface area contributed by atoms with Crippen molar-refractivity contribution in [1.29, 1.82) is 0 Å². The van der Waals surface area contributed by atoms with Crippen molar-refractivity contribution < 1.29 is 29.0 Å². The molecule has 5 unspecified atom stereocenters. The summed E-state index contributed by atoms with van der Waals surface area (Å²) in [6.07, 6.45) is 7.16. The van der Waals surface area contributed by atoms with Gasteiger partial charge in [-0.2, -0.15) is 0 Å². The molecule has 1 aliphatic rings. The second-order valence-electron chi connectivity index (χ2n) is 11.8. The van der Waals surface area contributed by atoms with Crippen molar-refractivity contribution in [3.05, 3.63) is 12.7 Å². The van der Waals surface area contributed by atoms with Crippen LogP contribution in [-0.2, 0) is 25.7 Å². The number of hydrogen-bond acceptors (Lipinski definition) is 9. The number of aryl methyl sites for hydroxylation is 1. The van der Waals surface area contributed by atoms with Gasteiger partial charge in [-0.25, -0.2) is 24.5 Å². The Morgan fingerprint density at radius 2 is 1.73 bits per heavy atom. The van der Waals surface area contributed by atoms with Gasteiger partial charge >= 0.3 is 12.1 Å². The fourth-order valence-corrected chi connectivity index (χ4v) is 5.35. The Bertz CT molecular complexity index is 1280. The molecule has 2 aromatic heterocycles. The van der Waals surface area contributed by atoms with Gasteiger partial charge in [0.25, 0.3) is 0 Å². The number of likely N-dealkylation sites (tertiary alicyclic amines) is 1. The molecule has 3 amide bonds. The number of aromatic nitrogens is 4. The van der Waals surface area contributed by atoms with Gasteiger partial charge in [0, 0.05) is 27.2 Å². The molecule has 14 heteroatoms. The molecule has 0 bridgehead atoms. The minimum atomic E-state index is -1.10. The molecule has 3 N–H and O–H groups in total. The summed E-state index contributed by atoms with van der Waals surface area (Å²) in [4.78, 5) is 67.6. The number of carboxylic acids is 1. The van der Waals surface area contributed by atoms with Gasteiger partial charge in [0.1, 0.15) is 24.5 Å². The van der Waals surface area contributed by atoms with Crippen molar-refractivity contribution in [3.8, 4) is 0 Å². The van der Waals surface area contributed by atoms with Crippen LogP contribution in [0.25, 0.3) is 11.2 Å². The van der Waals surface area contributed by atoms with E-state index in [0.29, 0.717) is 45.2 Å². The molecule has 5 atom stereocenters. The second kappa shape index (κ2) is 16.2. The molecule has 0 saturated carbocycles. The summed E-state index contributed by atoms with van der Waals surface area (Å²) in [7, 11) is 3.82. The Morgan fingerprint density at radius 3 is 2.39 bits per heavy atom. The zero-order chi connectivity index (χ0) is 32.4. The lowest BCUT2D eigenvalue weighted by Crippen LogP contribution is -2.57. The maximum absolute atomic E-state index is 13.6. The number of nitrogens with zero attached hydrogens (tertiary/aromatic N) is 6.